The van der Waals surface area contributed by atoms with Crippen LogP contribution in [0.2, 0.25) is 0 Å². The average molecular weight is 127 g/mol. The summed E-state index contributed by atoms with van der Waals surface area (Å²) in [5, 5.41) is 0. The Kier molecular flexibility index (Phi) is 3.05. The second kappa shape index (κ2) is 3.89. The lowest BCUT2D eigenvalue weighted by atomic mass is 10.2. The quantitative estimate of drug-likeness (QED) is 0.490. The van der Waals surface area contributed by atoms with Gasteiger partial charge in [0.15, 0.2) is 0 Å². The van der Waals surface area contributed by atoms with Gasteiger partial charge in [0.2, 0.25) is 0 Å². The van der Waals surface area contributed by atoms with Gasteiger partial charge in [0, 0.05) is 7.11 Å². The molecular formula is C8H15O. The van der Waals surface area contributed by atoms with E-state index in [2.05, 4.69) is 6.42 Å². The van der Waals surface area contributed by atoms with Crippen LogP contribution in [-0.2, 0) is 4.74 Å². The molecule has 53 valence electrons. The lowest BCUT2D eigenvalue weighted by Crippen LogP contribution is -2.08. The molecule has 1 heteroatoms. The summed E-state index contributed by atoms with van der Waals surface area (Å²) < 4.78 is 5.22. The van der Waals surface area contributed by atoms with E-state index in [1.807, 2.05) is 0 Å². The van der Waals surface area contributed by atoms with Crippen LogP contribution in [-0.4, -0.2) is 13.2 Å². The van der Waals surface area contributed by atoms with Gasteiger partial charge in [-0.15, -0.1) is 0 Å². The van der Waals surface area contributed by atoms with Crippen LogP contribution in [0.4, 0.5) is 0 Å². The van der Waals surface area contributed by atoms with Crippen molar-refractivity contribution in [1.29, 1.82) is 0 Å². The molecule has 1 unspecified atom stereocenters. The summed E-state index contributed by atoms with van der Waals surface area (Å²) in [6.45, 7) is 0. The molecule has 1 nitrogen and oxygen atoms in total. The zero-order valence-electron chi connectivity index (χ0n) is 6.10. The average Bonchev–Trinajstić information content (AvgIpc) is 2.13. The SMILES string of the molecule is COC1[CH]CCCCC1. The molecule has 0 heterocycles. The van der Waals surface area contributed by atoms with Crippen LogP contribution in [0.25, 0.3) is 0 Å². The molecule has 0 spiro atoms. The highest BCUT2D eigenvalue weighted by atomic mass is 16.5. The van der Waals surface area contributed by atoms with E-state index in [1.165, 1.54) is 32.1 Å². The van der Waals surface area contributed by atoms with Crippen LogP contribution < -0.4 is 0 Å². The number of methoxy groups -OCH3 is 1. The van der Waals surface area contributed by atoms with Crippen molar-refractivity contribution in [3.05, 3.63) is 6.42 Å². The first kappa shape index (κ1) is 7.07. The van der Waals surface area contributed by atoms with Gasteiger partial charge < -0.3 is 4.74 Å². The summed E-state index contributed by atoms with van der Waals surface area (Å²) in [5.74, 6) is 0. The zero-order chi connectivity index (χ0) is 6.53. The normalized spacial score (nSPS) is 23.7. The fourth-order valence-corrected chi connectivity index (χ4v) is 1.30. The summed E-state index contributed by atoms with van der Waals surface area (Å²) in [6, 6.07) is 0. The van der Waals surface area contributed by atoms with E-state index in [0.717, 1.165) is 0 Å². The van der Waals surface area contributed by atoms with E-state index in [-0.39, 0.29) is 0 Å². The summed E-state index contributed by atoms with van der Waals surface area (Å²) in [5.41, 5.74) is 0. The van der Waals surface area contributed by atoms with Gasteiger partial charge in [-0.1, -0.05) is 19.3 Å². The van der Waals surface area contributed by atoms with Crippen molar-refractivity contribution < 1.29 is 4.74 Å². The number of hydrogen-bond donors (Lipinski definition) is 0. The van der Waals surface area contributed by atoms with Crippen LogP contribution in [0.5, 0.6) is 0 Å². The summed E-state index contributed by atoms with van der Waals surface area (Å²) in [6.07, 6.45) is 9.32. The van der Waals surface area contributed by atoms with Gasteiger partial charge in [0.1, 0.15) is 0 Å². The molecule has 1 aliphatic carbocycles. The second-order valence-electron chi connectivity index (χ2n) is 2.65. The Bertz CT molecular complexity index is 63.0. The zero-order valence-corrected chi connectivity index (χ0v) is 6.10. The highest BCUT2D eigenvalue weighted by molar-refractivity contribution is 4.79. The Morgan fingerprint density at radius 3 is 3.00 bits per heavy atom. The Labute approximate surface area is 57.4 Å². The van der Waals surface area contributed by atoms with Crippen molar-refractivity contribution >= 4 is 0 Å². The van der Waals surface area contributed by atoms with Gasteiger partial charge >= 0.3 is 0 Å². The number of rotatable bonds is 1. The van der Waals surface area contributed by atoms with Gasteiger partial charge in [-0.05, 0) is 19.3 Å². The highest BCUT2D eigenvalue weighted by Crippen LogP contribution is 2.17. The van der Waals surface area contributed by atoms with Crippen LogP contribution in [0.1, 0.15) is 32.1 Å². The minimum atomic E-state index is 0.451. The van der Waals surface area contributed by atoms with E-state index >= 15 is 0 Å². The van der Waals surface area contributed by atoms with Crippen LogP contribution in [0, 0.1) is 6.42 Å². The van der Waals surface area contributed by atoms with Crippen molar-refractivity contribution in [3.8, 4) is 0 Å². The summed E-state index contributed by atoms with van der Waals surface area (Å²) in [4.78, 5) is 0. The Morgan fingerprint density at radius 1 is 1.33 bits per heavy atom. The molecule has 1 atom stereocenters. The minimum absolute atomic E-state index is 0.451. The third-order valence-corrected chi connectivity index (χ3v) is 1.93. The van der Waals surface area contributed by atoms with Gasteiger partial charge in [-0.3, -0.25) is 0 Å². The Morgan fingerprint density at radius 2 is 2.22 bits per heavy atom. The molecule has 0 aromatic carbocycles. The molecule has 1 fully saturated rings. The number of ether oxygens (including phenoxy) is 1. The maximum atomic E-state index is 5.22. The first-order chi connectivity index (χ1) is 4.43. The molecular weight excluding hydrogens is 112 g/mol. The maximum absolute atomic E-state index is 5.22. The van der Waals surface area contributed by atoms with Gasteiger partial charge in [-0.25, -0.2) is 0 Å². The first-order valence-electron chi connectivity index (χ1n) is 3.79. The molecule has 1 radical (unpaired) electrons. The second-order valence-corrected chi connectivity index (χ2v) is 2.65. The predicted molar refractivity (Wildman–Crippen MR) is 38.2 cm³/mol. The van der Waals surface area contributed by atoms with Crippen molar-refractivity contribution in [3.63, 3.8) is 0 Å². The van der Waals surface area contributed by atoms with Gasteiger partial charge in [-0.2, -0.15) is 0 Å². The molecule has 1 aliphatic rings. The maximum Gasteiger partial charge on any atom is 0.0603 e. The highest BCUT2D eigenvalue weighted by Gasteiger charge is 2.09. The fraction of sp³-hybridized carbons (Fsp3) is 0.875. The van der Waals surface area contributed by atoms with E-state index in [1.54, 1.807) is 7.11 Å². The predicted octanol–water partition coefficient (Wildman–Crippen LogP) is 2.17. The number of hydrogen-bond acceptors (Lipinski definition) is 1. The lowest BCUT2D eigenvalue weighted by Gasteiger charge is -2.09. The molecule has 0 amide bonds. The molecule has 0 saturated heterocycles. The van der Waals surface area contributed by atoms with Crippen molar-refractivity contribution in [2.24, 2.45) is 0 Å². The van der Waals surface area contributed by atoms with Crippen LogP contribution in [0.3, 0.4) is 0 Å². The summed E-state index contributed by atoms with van der Waals surface area (Å²) >= 11 is 0. The first-order valence-corrected chi connectivity index (χ1v) is 3.79. The van der Waals surface area contributed by atoms with Crippen molar-refractivity contribution in [2.45, 2.75) is 38.2 Å². The van der Waals surface area contributed by atoms with Crippen LogP contribution >= 0.6 is 0 Å². The molecule has 1 rings (SSSR count). The van der Waals surface area contributed by atoms with E-state index in [0.29, 0.717) is 6.10 Å². The summed E-state index contributed by atoms with van der Waals surface area (Å²) in [7, 11) is 1.80. The van der Waals surface area contributed by atoms with E-state index < -0.39 is 0 Å². The van der Waals surface area contributed by atoms with E-state index in [9.17, 15) is 0 Å². The molecule has 0 N–H and O–H groups in total. The topological polar surface area (TPSA) is 9.23 Å². The lowest BCUT2D eigenvalue weighted by molar-refractivity contribution is 0.120. The third-order valence-electron chi connectivity index (χ3n) is 1.93. The van der Waals surface area contributed by atoms with Crippen molar-refractivity contribution in [1.82, 2.24) is 0 Å². The molecule has 9 heavy (non-hydrogen) atoms. The monoisotopic (exact) mass is 127 g/mol. The molecule has 0 aromatic rings. The Balaban J connectivity index is 2.18. The largest absolute Gasteiger partial charge is 0.381 e. The molecule has 0 aromatic heterocycles. The minimum Gasteiger partial charge on any atom is -0.381 e. The molecule has 1 saturated carbocycles. The van der Waals surface area contributed by atoms with E-state index in [4.69, 9.17) is 4.74 Å². The Hall–Kier alpha value is -0.0400. The smallest absolute Gasteiger partial charge is 0.0603 e. The van der Waals surface area contributed by atoms with Crippen LogP contribution in [0.15, 0.2) is 0 Å². The van der Waals surface area contributed by atoms with Crippen molar-refractivity contribution in [2.75, 3.05) is 7.11 Å². The van der Waals surface area contributed by atoms with Gasteiger partial charge in [0.05, 0.1) is 6.10 Å². The van der Waals surface area contributed by atoms with Gasteiger partial charge in [0.25, 0.3) is 0 Å². The standard InChI is InChI=1S/C8H15O/c1-9-8-6-4-2-3-5-7-8/h6,8H,2-5,7H2,1H3. The fourth-order valence-electron chi connectivity index (χ4n) is 1.30. The molecule has 0 bridgehead atoms. The third kappa shape index (κ3) is 2.35. The molecule has 0 aliphatic heterocycles.